The number of hydrogen-bond donors (Lipinski definition) is 3. The van der Waals surface area contributed by atoms with Crippen molar-refractivity contribution in [2.75, 3.05) is 18.4 Å². The topological polar surface area (TPSA) is 78.4 Å². The molecule has 0 aliphatic heterocycles. The number of amides is 1. The van der Waals surface area contributed by atoms with Crippen LogP contribution in [0, 0.1) is 11.7 Å². The number of aromatic carboxylic acids is 1. The van der Waals surface area contributed by atoms with E-state index in [4.69, 9.17) is 5.11 Å². The Labute approximate surface area is 109 Å². The minimum Gasteiger partial charge on any atom is -0.478 e. The molecule has 0 saturated heterocycles. The van der Waals surface area contributed by atoms with Crippen LogP contribution in [0.3, 0.4) is 0 Å². The molecule has 0 bridgehead atoms. The lowest BCUT2D eigenvalue weighted by atomic mass is 10.2. The van der Waals surface area contributed by atoms with Crippen molar-refractivity contribution in [3.8, 4) is 0 Å². The number of carboxylic acids is 1. The molecule has 0 unspecified atom stereocenters. The zero-order valence-electron chi connectivity index (χ0n) is 10.3. The first-order chi connectivity index (χ1) is 9.06. The molecule has 19 heavy (non-hydrogen) atoms. The van der Waals surface area contributed by atoms with Crippen molar-refractivity contribution in [3.63, 3.8) is 0 Å². The molecule has 6 heteroatoms. The first kappa shape index (κ1) is 13.5. The van der Waals surface area contributed by atoms with Gasteiger partial charge in [-0.1, -0.05) is 0 Å². The van der Waals surface area contributed by atoms with E-state index in [9.17, 15) is 14.0 Å². The standard InChI is InChI=1S/C13H15FN2O3/c14-11-4-3-9(5-10(11)13(18)19)16-12(17)7-15-6-8-1-2-8/h3-5,8,15H,1-2,6-7H2,(H,16,17)(H,18,19). The first-order valence-electron chi connectivity index (χ1n) is 6.09. The van der Waals surface area contributed by atoms with Gasteiger partial charge < -0.3 is 15.7 Å². The maximum absolute atomic E-state index is 13.2. The molecule has 5 nitrogen and oxygen atoms in total. The Morgan fingerprint density at radius 1 is 1.37 bits per heavy atom. The van der Waals surface area contributed by atoms with Crippen molar-refractivity contribution in [2.24, 2.45) is 5.92 Å². The summed E-state index contributed by atoms with van der Waals surface area (Å²) in [6.45, 7) is 0.980. The summed E-state index contributed by atoms with van der Waals surface area (Å²) in [5.41, 5.74) is -0.180. The molecule has 3 N–H and O–H groups in total. The van der Waals surface area contributed by atoms with E-state index in [0.29, 0.717) is 5.92 Å². The number of benzene rings is 1. The molecule has 0 heterocycles. The number of carbonyl (C=O) groups excluding carboxylic acids is 1. The Bertz CT molecular complexity index is 501. The van der Waals surface area contributed by atoms with Gasteiger partial charge in [0.1, 0.15) is 5.82 Å². The molecule has 102 valence electrons. The number of rotatable bonds is 6. The minimum atomic E-state index is -1.36. The third kappa shape index (κ3) is 4.03. The van der Waals surface area contributed by atoms with Gasteiger partial charge in [0.05, 0.1) is 12.1 Å². The second-order valence-electron chi connectivity index (χ2n) is 4.62. The predicted octanol–water partition coefficient (Wildman–Crippen LogP) is 1.46. The number of carbonyl (C=O) groups is 2. The summed E-state index contributed by atoms with van der Waals surface area (Å²) in [5, 5.41) is 14.3. The summed E-state index contributed by atoms with van der Waals surface area (Å²) < 4.78 is 13.2. The Balaban J connectivity index is 1.88. The van der Waals surface area contributed by atoms with Crippen LogP contribution in [-0.4, -0.2) is 30.1 Å². The van der Waals surface area contributed by atoms with Gasteiger partial charge in [0.25, 0.3) is 0 Å². The minimum absolute atomic E-state index is 0.163. The fraction of sp³-hybridized carbons (Fsp3) is 0.385. The second-order valence-corrected chi connectivity index (χ2v) is 4.62. The molecule has 1 aromatic rings. The molecule has 0 atom stereocenters. The van der Waals surface area contributed by atoms with Crippen molar-refractivity contribution in [1.29, 1.82) is 0 Å². The largest absolute Gasteiger partial charge is 0.478 e. The Morgan fingerprint density at radius 3 is 2.74 bits per heavy atom. The smallest absolute Gasteiger partial charge is 0.338 e. The van der Waals surface area contributed by atoms with Gasteiger partial charge in [0.2, 0.25) is 5.91 Å². The van der Waals surface area contributed by atoms with E-state index in [-0.39, 0.29) is 18.1 Å². The van der Waals surface area contributed by atoms with Crippen LogP contribution in [0.4, 0.5) is 10.1 Å². The average Bonchev–Trinajstić information content (AvgIpc) is 3.15. The molecule has 1 fully saturated rings. The van der Waals surface area contributed by atoms with Crippen molar-refractivity contribution in [3.05, 3.63) is 29.6 Å². The molecular formula is C13H15FN2O3. The number of carboxylic acid groups (broad SMARTS) is 1. The Morgan fingerprint density at radius 2 is 2.11 bits per heavy atom. The number of halogens is 1. The van der Waals surface area contributed by atoms with Crippen molar-refractivity contribution in [1.82, 2.24) is 5.32 Å². The lowest BCUT2D eigenvalue weighted by Gasteiger charge is -2.07. The maximum atomic E-state index is 13.2. The van der Waals surface area contributed by atoms with Crippen LogP contribution in [0.2, 0.25) is 0 Å². The van der Waals surface area contributed by atoms with Crippen LogP contribution in [0.25, 0.3) is 0 Å². The molecule has 1 aliphatic rings. The van der Waals surface area contributed by atoms with Crippen molar-refractivity contribution in [2.45, 2.75) is 12.8 Å². The molecule has 2 rings (SSSR count). The van der Waals surface area contributed by atoms with E-state index in [1.165, 1.54) is 18.9 Å². The number of anilines is 1. The molecule has 1 aliphatic carbocycles. The van der Waals surface area contributed by atoms with Crippen LogP contribution in [0.15, 0.2) is 18.2 Å². The van der Waals surface area contributed by atoms with E-state index in [0.717, 1.165) is 18.7 Å². The van der Waals surface area contributed by atoms with Gasteiger partial charge >= 0.3 is 5.97 Å². The fourth-order valence-electron chi connectivity index (χ4n) is 1.68. The normalized spacial score (nSPS) is 14.2. The summed E-state index contributed by atoms with van der Waals surface area (Å²) in [7, 11) is 0. The molecule has 0 aromatic heterocycles. The van der Waals surface area contributed by atoms with E-state index in [1.54, 1.807) is 0 Å². The maximum Gasteiger partial charge on any atom is 0.338 e. The molecule has 1 aromatic carbocycles. The van der Waals surface area contributed by atoms with E-state index < -0.39 is 17.3 Å². The fourth-order valence-corrected chi connectivity index (χ4v) is 1.68. The van der Waals surface area contributed by atoms with Crippen molar-refractivity contribution < 1.29 is 19.1 Å². The molecular weight excluding hydrogens is 251 g/mol. The van der Waals surface area contributed by atoms with Crippen LogP contribution < -0.4 is 10.6 Å². The highest BCUT2D eigenvalue weighted by molar-refractivity contribution is 5.94. The summed E-state index contributed by atoms with van der Waals surface area (Å²) in [4.78, 5) is 22.3. The molecule has 0 radical (unpaired) electrons. The lowest BCUT2D eigenvalue weighted by molar-refractivity contribution is -0.115. The summed E-state index contributed by atoms with van der Waals surface area (Å²) in [6, 6.07) is 3.47. The molecule has 1 amide bonds. The zero-order chi connectivity index (χ0) is 13.8. The van der Waals surface area contributed by atoms with Crippen LogP contribution >= 0.6 is 0 Å². The molecule has 0 spiro atoms. The van der Waals surface area contributed by atoms with Gasteiger partial charge in [-0.05, 0) is 43.5 Å². The highest BCUT2D eigenvalue weighted by Crippen LogP contribution is 2.27. The predicted molar refractivity (Wildman–Crippen MR) is 67.6 cm³/mol. The van der Waals surface area contributed by atoms with E-state index >= 15 is 0 Å². The van der Waals surface area contributed by atoms with Gasteiger partial charge in [-0.3, -0.25) is 4.79 Å². The summed E-state index contributed by atoms with van der Waals surface area (Å²) in [6.07, 6.45) is 2.41. The van der Waals surface area contributed by atoms with Gasteiger partial charge in [-0.25, -0.2) is 9.18 Å². The summed E-state index contributed by atoms with van der Waals surface area (Å²) in [5.74, 6) is -1.78. The van der Waals surface area contributed by atoms with Crippen LogP contribution in [-0.2, 0) is 4.79 Å². The quantitative estimate of drug-likeness (QED) is 0.728. The van der Waals surface area contributed by atoms with Crippen LogP contribution in [0.1, 0.15) is 23.2 Å². The SMILES string of the molecule is O=C(CNCC1CC1)Nc1ccc(F)c(C(=O)O)c1. The lowest BCUT2D eigenvalue weighted by Crippen LogP contribution is -2.29. The molecule has 1 saturated carbocycles. The zero-order valence-corrected chi connectivity index (χ0v) is 10.3. The average molecular weight is 266 g/mol. The first-order valence-corrected chi connectivity index (χ1v) is 6.09. The Hall–Kier alpha value is -1.95. The second kappa shape index (κ2) is 5.79. The third-order valence-corrected chi connectivity index (χ3v) is 2.90. The number of nitrogens with one attached hydrogen (secondary N) is 2. The van der Waals surface area contributed by atoms with Gasteiger partial charge in [-0.2, -0.15) is 0 Å². The van der Waals surface area contributed by atoms with Gasteiger partial charge in [0, 0.05) is 5.69 Å². The van der Waals surface area contributed by atoms with E-state index in [2.05, 4.69) is 10.6 Å². The third-order valence-electron chi connectivity index (χ3n) is 2.90. The highest BCUT2D eigenvalue weighted by atomic mass is 19.1. The monoisotopic (exact) mass is 266 g/mol. The van der Waals surface area contributed by atoms with Gasteiger partial charge in [-0.15, -0.1) is 0 Å². The van der Waals surface area contributed by atoms with Gasteiger partial charge in [0.15, 0.2) is 0 Å². The van der Waals surface area contributed by atoms with E-state index in [1.807, 2.05) is 0 Å². The Kier molecular flexibility index (Phi) is 4.11. The van der Waals surface area contributed by atoms with Crippen molar-refractivity contribution >= 4 is 17.6 Å². The van der Waals surface area contributed by atoms with Crippen LogP contribution in [0.5, 0.6) is 0 Å². The summed E-state index contributed by atoms with van der Waals surface area (Å²) >= 11 is 0. The highest BCUT2D eigenvalue weighted by Gasteiger charge is 2.20. The number of hydrogen-bond acceptors (Lipinski definition) is 3.